The van der Waals surface area contributed by atoms with E-state index < -0.39 is 0 Å². The molecular weight excluding hydrogens is 404 g/mol. The van der Waals surface area contributed by atoms with Crippen molar-refractivity contribution in [3.8, 4) is 11.1 Å². The molecule has 0 unspecified atom stereocenters. The fourth-order valence-electron chi connectivity index (χ4n) is 4.95. The molecule has 7 rings (SSSR count). The van der Waals surface area contributed by atoms with E-state index in [1.165, 1.54) is 16.3 Å². The van der Waals surface area contributed by atoms with Gasteiger partial charge in [0.1, 0.15) is 11.2 Å². The van der Waals surface area contributed by atoms with Crippen LogP contribution in [0.5, 0.6) is 0 Å². The van der Waals surface area contributed by atoms with Gasteiger partial charge in [0.2, 0.25) is 0 Å². The summed E-state index contributed by atoms with van der Waals surface area (Å²) in [6, 6.07) is 37.8. The van der Waals surface area contributed by atoms with E-state index in [0.29, 0.717) is 0 Å². The lowest BCUT2D eigenvalue weighted by atomic mass is 10.00. The van der Waals surface area contributed by atoms with Crippen LogP contribution in [0.1, 0.15) is 0 Å². The van der Waals surface area contributed by atoms with Crippen LogP contribution in [0, 0.1) is 0 Å². The molecule has 0 amide bonds. The Kier molecular flexibility index (Phi) is 3.84. The third-order valence-electron chi connectivity index (χ3n) is 6.43. The van der Waals surface area contributed by atoms with E-state index in [9.17, 15) is 0 Å². The van der Waals surface area contributed by atoms with Crippen LogP contribution in [0.4, 0.5) is 11.4 Å². The molecule has 2 heterocycles. The van der Waals surface area contributed by atoms with E-state index in [1.807, 2.05) is 24.3 Å². The molecule has 0 aliphatic rings. The molecule has 3 heteroatoms. The number of fused-ring (bicyclic) bond motifs is 6. The van der Waals surface area contributed by atoms with Crippen molar-refractivity contribution in [1.29, 1.82) is 0 Å². The molecule has 7 aromatic rings. The molecule has 2 aromatic heterocycles. The molecule has 156 valence electrons. The van der Waals surface area contributed by atoms with E-state index in [2.05, 4.69) is 95.2 Å². The number of nitrogens with one attached hydrogen (secondary N) is 2. The van der Waals surface area contributed by atoms with Crippen molar-refractivity contribution in [2.45, 2.75) is 0 Å². The minimum Gasteiger partial charge on any atom is -0.456 e. The number of aromatic nitrogens is 1. The summed E-state index contributed by atoms with van der Waals surface area (Å²) in [4.78, 5) is 3.64. The molecular formula is C30H20N2O. The molecule has 33 heavy (non-hydrogen) atoms. The van der Waals surface area contributed by atoms with Crippen molar-refractivity contribution < 1.29 is 4.42 Å². The zero-order valence-electron chi connectivity index (χ0n) is 17.8. The van der Waals surface area contributed by atoms with Crippen molar-refractivity contribution >= 4 is 55.1 Å². The van der Waals surface area contributed by atoms with Crippen molar-refractivity contribution in [3.05, 3.63) is 109 Å². The monoisotopic (exact) mass is 424 g/mol. The van der Waals surface area contributed by atoms with Gasteiger partial charge in [0.25, 0.3) is 0 Å². The van der Waals surface area contributed by atoms with Gasteiger partial charge in [0.15, 0.2) is 0 Å². The smallest absolute Gasteiger partial charge is 0.137 e. The number of hydrogen-bond acceptors (Lipinski definition) is 2. The summed E-state index contributed by atoms with van der Waals surface area (Å²) in [5.41, 5.74) is 8.51. The van der Waals surface area contributed by atoms with Crippen molar-refractivity contribution in [2.24, 2.45) is 0 Å². The van der Waals surface area contributed by atoms with Gasteiger partial charge in [-0.05, 0) is 30.3 Å². The maximum absolute atomic E-state index is 6.09. The Hall–Kier alpha value is -4.50. The number of H-pyrrole nitrogens is 1. The fraction of sp³-hybridized carbons (Fsp3) is 0. The highest BCUT2D eigenvalue weighted by Crippen LogP contribution is 2.40. The first-order valence-electron chi connectivity index (χ1n) is 11.1. The number of anilines is 2. The van der Waals surface area contributed by atoms with Crippen molar-refractivity contribution in [1.82, 2.24) is 4.98 Å². The van der Waals surface area contributed by atoms with Crippen LogP contribution in [0.25, 0.3) is 54.9 Å². The average molecular weight is 425 g/mol. The van der Waals surface area contributed by atoms with Gasteiger partial charge in [-0.2, -0.15) is 0 Å². The average Bonchev–Trinajstić information content (AvgIpc) is 3.43. The third-order valence-corrected chi connectivity index (χ3v) is 6.43. The quantitative estimate of drug-likeness (QED) is 0.298. The van der Waals surface area contributed by atoms with Gasteiger partial charge in [-0.25, -0.2) is 0 Å². The molecule has 0 saturated carbocycles. The van der Waals surface area contributed by atoms with Gasteiger partial charge in [0.05, 0.1) is 16.6 Å². The van der Waals surface area contributed by atoms with Crippen LogP contribution < -0.4 is 5.32 Å². The zero-order chi connectivity index (χ0) is 21.8. The lowest BCUT2D eigenvalue weighted by Gasteiger charge is -2.14. The molecule has 0 aliphatic heterocycles. The summed E-state index contributed by atoms with van der Waals surface area (Å²) in [5, 5.41) is 8.42. The van der Waals surface area contributed by atoms with Crippen LogP contribution in [-0.2, 0) is 0 Å². The van der Waals surface area contributed by atoms with Gasteiger partial charge in [-0.1, -0.05) is 78.9 Å². The van der Waals surface area contributed by atoms with E-state index in [1.54, 1.807) is 0 Å². The van der Waals surface area contributed by atoms with E-state index in [4.69, 9.17) is 4.42 Å². The van der Waals surface area contributed by atoms with Crippen LogP contribution in [0.3, 0.4) is 0 Å². The molecule has 0 saturated heterocycles. The first-order chi connectivity index (χ1) is 16.4. The second-order valence-electron chi connectivity index (χ2n) is 8.35. The van der Waals surface area contributed by atoms with Crippen molar-refractivity contribution in [2.75, 3.05) is 5.32 Å². The highest BCUT2D eigenvalue weighted by Gasteiger charge is 2.15. The van der Waals surface area contributed by atoms with Gasteiger partial charge < -0.3 is 14.7 Å². The Morgan fingerprint density at radius 1 is 0.515 bits per heavy atom. The third kappa shape index (κ3) is 2.76. The van der Waals surface area contributed by atoms with Gasteiger partial charge >= 0.3 is 0 Å². The summed E-state index contributed by atoms with van der Waals surface area (Å²) < 4.78 is 6.09. The number of aromatic amines is 1. The Balaban J connectivity index is 1.43. The molecule has 5 aromatic carbocycles. The lowest BCUT2D eigenvalue weighted by molar-refractivity contribution is 0.669. The summed E-state index contributed by atoms with van der Waals surface area (Å²) >= 11 is 0. The maximum atomic E-state index is 6.09. The largest absolute Gasteiger partial charge is 0.456 e. The molecule has 0 bridgehead atoms. The normalized spacial score (nSPS) is 11.6. The molecule has 0 radical (unpaired) electrons. The summed E-state index contributed by atoms with van der Waals surface area (Å²) in [6.45, 7) is 0. The number of rotatable bonds is 3. The molecule has 0 fully saturated rings. The van der Waals surface area contributed by atoms with E-state index in [-0.39, 0.29) is 0 Å². The standard InChI is InChI=1S/C30H20N2O/c1-4-14-24(31-26-16-8-18-28-29(26)23-11-3-6-17-27(23)33-28)19(9-1)21-12-7-13-22-20-10-2-5-15-25(20)32-30(21)22/h1-18,31-32H. The Labute approximate surface area is 190 Å². The highest BCUT2D eigenvalue weighted by atomic mass is 16.3. The second-order valence-corrected chi connectivity index (χ2v) is 8.35. The molecule has 0 atom stereocenters. The number of hydrogen-bond donors (Lipinski definition) is 2. The first kappa shape index (κ1) is 18.1. The summed E-state index contributed by atoms with van der Waals surface area (Å²) in [6.07, 6.45) is 0. The topological polar surface area (TPSA) is 41.0 Å². The Bertz CT molecular complexity index is 1810. The minimum absolute atomic E-state index is 0.886. The van der Waals surface area contributed by atoms with Crippen LogP contribution >= 0.6 is 0 Å². The molecule has 0 spiro atoms. The predicted molar refractivity (Wildman–Crippen MR) is 138 cm³/mol. The zero-order valence-corrected chi connectivity index (χ0v) is 17.8. The Morgan fingerprint density at radius 2 is 1.18 bits per heavy atom. The van der Waals surface area contributed by atoms with Crippen LogP contribution in [-0.4, -0.2) is 4.98 Å². The van der Waals surface area contributed by atoms with Gasteiger partial charge in [-0.3, -0.25) is 0 Å². The SMILES string of the molecule is c1ccc(-c2cccc3c2[nH]c2ccccc23)c(Nc2cccc3oc4ccccc4c23)c1. The van der Waals surface area contributed by atoms with Gasteiger partial charge in [-0.15, -0.1) is 0 Å². The van der Waals surface area contributed by atoms with Gasteiger partial charge in [0, 0.05) is 38.5 Å². The Morgan fingerprint density at radius 3 is 2.15 bits per heavy atom. The minimum atomic E-state index is 0.886. The second kappa shape index (κ2) is 7.01. The predicted octanol–water partition coefficient (Wildman–Crippen LogP) is 8.63. The highest BCUT2D eigenvalue weighted by molar-refractivity contribution is 6.14. The number of benzene rings is 5. The van der Waals surface area contributed by atoms with E-state index >= 15 is 0 Å². The summed E-state index contributed by atoms with van der Waals surface area (Å²) in [5.74, 6) is 0. The van der Waals surface area contributed by atoms with Crippen LogP contribution in [0.15, 0.2) is 114 Å². The molecule has 3 nitrogen and oxygen atoms in total. The number of para-hydroxylation sites is 4. The molecule has 0 aliphatic carbocycles. The van der Waals surface area contributed by atoms with Crippen molar-refractivity contribution in [3.63, 3.8) is 0 Å². The van der Waals surface area contributed by atoms with Crippen LogP contribution in [0.2, 0.25) is 0 Å². The fourth-order valence-corrected chi connectivity index (χ4v) is 4.95. The number of furan rings is 1. The maximum Gasteiger partial charge on any atom is 0.137 e. The molecule has 2 N–H and O–H groups in total. The van der Waals surface area contributed by atoms with E-state index in [0.717, 1.165) is 49.9 Å². The summed E-state index contributed by atoms with van der Waals surface area (Å²) in [7, 11) is 0. The first-order valence-corrected chi connectivity index (χ1v) is 11.1. The lowest BCUT2D eigenvalue weighted by Crippen LogP contribution is -1.94.